The lowest BCUT2D eigenvalue weighted by Crippen LogP contribution is -2.54. The molecule has 0 spiro atoms. The molecule has 2 saturated heterocycles. The summed E-state index contributed by atoms with van der Waals surface area (Å²) < 4.78 is 12.2. The summed E-state index contributed by atoms with van der Waals surface area (Å²) in [6.07, 6.45) is 0.935. The van der Waals surface area contributed by atoms with E-state index >= 15 is 0 Å². The van der Waals surface area contributed by atoms with Gasteiger partial charge in [-0.25, -0.2) is 0 Å². The molecular weight excluding hydrogens is 327 g/mol. The van der Waals surface area contributed by atoms with Crippen LogP contribution in [0.15, 0.2) is 24.3 Å². The van der Waals surface area contributed by atoms with E-state index in [1.54, 1.807) is 0 Å². The van der Waals surface area contributed by atoms with E-state index in [1.165, 1.54) is 5.56 Å². The zero-order valence-electron chi connectivity index (χ0n) is 16.9. The predicted octanol–water partition coefficient (Wildman–Crippen LogP) is 1.69. The fraction of sp³-hybridized carbons (Fsp3) is 0.650. The molecule has 2 aliphatic rings. The Hall–Kier alpha value is -1.37. The van der Waals surface area contributed by atoms with Crippen molar-refractivity contribution in [1.82, 2.24) is 9.80 Å². The standard InChI is InChI=1S/C20H31BN2O3/c1-15-18(24)22(6)13-14-23(15)12-11-16-7-9-17(10-8-16)21-25-19(2,3)20(4,5)26-21/h7-10,15H,11-14H2,1-6H3. The second-order valence-electron chi connectivity index (χ2n) is 8.55. The number of likely N-dealkylation sites (N-methyl/N-ethyl adjacent to an activating group) is 1. The molecule has 0 aromatic heterocycles. The first kappa shape index (κ1) is 19.4. The van der Waals surface area contributed by atoms with Gasteiger partial charge >= 0.3 is 7.12 Å². The van der Waals surface area contributed by atoms with Crippen molar-refractivity contribution in [1.29, 1.82) is 0 Å². The van der Waals surface area contributed by atoms with Gasteiger partial charge in [0, 0.05) is 26.7 Å². The first-order valence-electron chi connectivity index (χ1n) is 9.54. The summed E-state index contributed by atoms with van der Waals surface area (Å²) >= 11 is 0. The topological polar surface area (TPSA) is 42.0 Å². The first-order chi connectivity index (χ1) is 12.1. The van der Waals surface area contributed by atoms with Crippen LogP contribution in [-0.4, -0.2) is 66.8 Å². The van der Waals surface area contributed by atoms with Crippen molar-refractivity contribution < 1.29 is 14.1 Å². The highest BCUT2D eigenvalue weighted by atomic mass is 16.7. The van der Waals surface area contributed by atoms with Gasteiger partial charge in [-0.1, -0.05) is 24.3 Å². The quantitative estimate of drug-likeness (QED) is 0.769. The molecule has 0 N–H and O–H groups in total. The summed E-state index contributed by atoms with van der Waals surface area (Å²) in [6, 6.07) is 8.44. The Morgan fingerprint density at radius 2 is 1.65 bits per heavy atom. The molecular formula is C20H31BN2O3. The highest BCUT2D eigenvalue weighted by Crippen LogP contribution is 2.36. The molecule has 6 heteroatoms. The van der Waals surface area contributed by atoms with E-state index in [1.807, 2.05) is 18.9 Å². The molecule has 2 aliphatic heterocycles. The fourth-order valence-electron chi connectivity index (χ4n) is 3.46. The van der Waals surface area contributed by atoms with Gasteiger partial charge in [-0.15, -0.1) is 0 Å². The van der Waals surface area contributed by atoms with Gasteiger partial charge in [0.05, 0.1) is 17.2 Å². The molecule has 1 unspecified atom stereocenters. The van der Waals surface area contributed by atoms with Crippen LogP contribution in [0.3, 0.4) is 0 Å². The molecule has 2 fully saturated rings. The minimum atomic E-state index is -0.319. The number of amides is 1. The zero-order chi connectivity index (χ0) is 19.1. The molecule has 0 saturated carbocycles. The zero-order valence-corrected chi connectivity index (χ0v) is 16.9. The van der Waals surface area contributed by atoms with Gasteiger partial charge in [0.1, 0.15) is 0 Å². The van der Waals surface area contributed by atoms with Crippen LogP contribution in [-0.2, 0) is 20.5 Å². The fourth-order valence-corrected chi connectivity index (χ4v) is 3.46. The van der Waals surface area contributed by atoms with E-state index in [-0.39, 0.29) is 30.3 Å². The average molecular weight is 358 g/mol. The number of hydrogen-bond donors (Lipinski definition) is 0. The van der Waals surface area contributed by atoms with Crippen molar-refractivity contribution in [3.8, 4) is 0 Å². The van der Waals surface area contributed by atoms with Gasteiger partial charge in [0.25, 0.3) is 0 Å². The van der Waals surface area contributed by atoms with E-state index in [2.05, 4.69) is 56.9 Å². The Morgan fingerprint density at radius 1 is 1.08 bits per heavy atom. The van der Waals surface area contributed by atoms with Crippen molar-refractivity contribution in [2.45, 2.75) is 58.3 Å². The summed E-state index contributed by atoms with van der Waals surface area (Å²) in [5.74, 6) is 0.215. The van der Waals surface area contributed by atoms with Gasteiger partial charge in [0.2, 0.25) is 5.91 Å². The highest BCUT2D eigenvalue weighted by Gasteiger charge is 2.51. The van der Waals surface area contributed by atoms with Crippen LogP contribution in [0.2, 0.25) is 0 Å². The number of rotatable bonds is 4. The molecule has 3 rings (SSSR count). The summed E-state index contributed by atoms with van der Waals surface area (Å²) in [5, 5.41) is 0. The Labute approximate surface area is 157 Å². The number of piperazine rings is 1. The van der Waals surface area contributed by atoms with Crippen molar-refractivity contribution in [2.24, 2.45) is 0 Å². The van der Waals surface area contributed by atoms with Gasteiger partial charge in [-0.05, 0) is 52.1 Å². The van der Waals surface area contributed by atoms with E-state index in [4.69, 9.17) is 9.31 Å². The predicted molar refractivity (Wildman–Crippen MR) is 105 cm³/mol. The molecule has 1 aromatic rings. The maximum Gasteiger partial charge on any atom is 0.494 e. The van der Waals surface area contributed by atoms with Crippen LogP contribution in [0.5, 0.6) is 0 Å². The molecule has 0 aliphatic carbocycles. The third-order valence-corrected chi connectivity index (χ3v) is 6.20. The van der Waals surface area contributed by atoms with Crippen LogP contribution < -0.4 is 5.46 Å². The second-order valence-corrected chi connectivity index (χ2v) is 8.55. The molecule has 0 bridgehead atoms. The van der Waals surface area contributed by atoms with E-state index in [0.717, 1.165) is 31.5 Å². The Bertz CT molecular complexity index is 644. The first-order valence-corrected chi connectivity index (χ1v) is 9.54. The summed E-state index contributed by atoms with van der Waals surface area (Å²) in [6.45, 7) is 12.9. The SMILES string of the molecule is CC1C(=O)N(C)CCN1CCc1ccc(B2OC(C)(C)C(C)(C)O2)cc1. The largest absolute Gasteiger partial charge is 0.494 e. The van der Waals surface area contributed by atoms with Crippen molar-refractivity contribution in [3.63, 3.8) is 0 Å². The highest BCUT2D eigenvalue weighted by molar-refractivity contribution is 6.62. The van der Waals surface area contributed by atoms with Crippen LogP contribution in [0.4, 0.5) is 0 Å². The van der Waals surface area contributed by atoms with Gasteiger partial charge in [-0.2, -0.15) is 0 Å². The van der Waals surface area contributed by atoms with E-state index < -0.39 is 0 Å². The van der Waals surface area contributed by atoms with Crippen molar-refractivity contribution >= 4 is 18.5 Å². The van der Waals surface area contributed by atoms with Gasteiger partial charge in [-0.3, -0.25) is 9.69 Å². The molecule has 2 heterocycles. The third-order valence-electron chi connectivity index (χ3n) is 6.20. The van der Waals surface area contributed by atoms with Crippen LogP contribution in [0.25, 0.3) is 0 Å². The number of benzene rings is 1. The van der Waals surface area contributed by atoms with Gasteiger partial charge < -0.3 is 14.2 Å². The number of carbonyl (C=O) groups excluding carboxylic acids is 1. The summed E-state index contributed by atoms with van der Waals surface area (Å²) in [4.78, 5) is 16.2. The number of hydrogen-bond acceptors (Lipinski definition) is 4. The van der Waals surface area contributed by atoms with E-state index in [0.29, 0.717) is 0 Å². The molecule has 26 heavy (non-hydrogen) atoms. The van der Waals surface area contributed by atoms with E-state index in [9.17, 15) is 4.79 Å². The number of nitrogens with zero attached hydrogens (tertiary/aromatic N) is 2. The van der Waals surface area contributed by atoms with Gasteiger partial charge in [0.15, 0.2) is 0 Å². The lowest BCUT2D eigenvalue weighted by Gasteiger charge is -2.37. The van der Waals surface area contributed by atoms with Crippen LogP contribution >= 0.6 is 0 Å². The minimum Gasteiger partial charge on any atom is -0.399 e. The molecule has 0 radical (unpaired) electrons. The Kier molecular flexibility index (Phi) is 5.21. The molecule has 1 aromatic carbocycles. The Balaban J connectivity index is 1.58. The Morgan fingerprint density at radius 3 is 2.23 bits per heavy atom. The third kappa shape index (κ3) is 3.68. The molecule has 142 valence electrons. The monoisotopic (exact) mass is 358 g/mol. The van der Waals surface area contributed by atoms with Crippen molar-refractivity contribution in [3.05, 3.63) is 29.8 Å². The maximum atomic E-state index is 12.1. The smallest absolute Gasteiger partial charge is 0.399 e. The molecule has 5 nitrogen and oxygen atoms in total. The minimum absolute atomic E-state index is 0.0298. The summed E-state index contributed by atoms with van der Waals surface area (Å²) in [5.41, 5.74) is 1.68. The summed E-state index contributed by atoms with van der Waals surface area (Å²) in [7, 11) is 1.56. The van der Waals surface area contributed by atoms with Crippen molar-refractivity contribution in [2.75, 3.05) is 26.7 Å². The normalized spacial score (nSPS) is 25.8. The lowest BCUT2D eigenvalue weighted by molar-refractivity contribution is -0.139. The average Bonchev–Trinajstić information content (AvgIpc) is 2.80. The van der Waals surface area contributed by atoms with Crippen LogP contribution in [0, 0.1) is 0 Å². The second kappa shape index (κ2) is 6.99. The van der Waals surface area contributed by atoms with Crippen LogP contribution in [0.1, 0.15) is 40.2 Å². The maximum absolute atomic E-state index is 12.1. The lowest BCUT2D eigenvalue weighted by atomic mass is 9.79. The molecule has 1 amide bonds. The molecule has 1 atom stereocenters. The number of carbonyl (C=O) groups is 1.